The first kappa shape index (κ1) is 12.7. The van der Waals surface area contributed by atoms with Gasteiger partial charge in [0.15, 0.2) is 0 Å². The first-order chi connectivity index (χ1) is 8.06. The molecule has 0 saturated carbocycles. The van der Waals surface area contributed by atoms with Gasteiger partial charge in [0.1, 0.15) is 17.2 Å². The SMILES string of the molecule is [N-]=[N+]=NCC=Cc1cc(F)c(C(=O)O)c(F)c1. The van der Waals surface area contributed by atoms with Crippen molar-refractivity contribution in [3.63, 3.8) is 0 Å². The molecule has 0 aliphatic heterocycles. The molecule has 0 aromatic heterocycles. The minimum Gasteiger partial charge on any atom is -0.477 e. The molecule has 1 N–H and O–H groups in total. The van der Waals surface area contributed by atoms with Crippen LogP contribution in [0.4, 0.5) is 8.78 Å². The van der Waals surface area contributed by atoms with Crippen molar-refractivity contribution in [2.75, 3.05) is 6.54 Å². The molecular weight excluding hydrogens is 232 g/mol. The first-order valence-corrected chi connectivity index (χ1v) is 4.46. The summed E-state index contributed by atoms with van der Waals surface area (Å²) in [5.74, 6) is -3.97. The molecule has 0 fully saturated rings. The number of hydrogen-bond donors (Lipinski definition) is 1. The summed E-state index contributed by atoms with van der Waals surface area (Å²) < 4.78 is 26.4. The van der Waals surface area contributed by atoms with Crippen molar-refractivity contribution in [1.29, 1.82) is 0 Å². The maximum absolute atomic E-state index is 13.2. The van der Waals surface area contributed by atoms with E-state index in [2.05, 4.69) is 10.0 Å². The zero-order chi connectivity index (χ0) is 12.8. The molecule has 0 radical (unpaired) electrons. The lowest BCUT2D eigenvalue weighted by Crippen LogP contribution is -2.04. The number of aromatic carboxylic acids is 1. The zero-order valence-electron chi connectivity index (χ0n) is 8.47. The van der Waals surface area contributed by atoms with Gasteiger partial charge < -0.3 is 5.11 Å². The highest BCUT2D eigenvalue weighted by Gasteiger charge is 2.16. The Balaban J connectivity index is 3.02. The van der Waals surface area contributed by atoms with Crippen LogP contribution >= 0.6 is 0 Å². The van der Waals surface area contributed by atoms with E-state index in [4.69, 9.17) is 10.6 Å². The third-order valence-corrected chi connectivity index (χ3v) is 1.84. The molecule has 0 aliphatic rings. The van der Waals surface area contributed by atoms with Gasteiger partial charge in [-0.15, -0.1) is 0 Å². The number of carboxylic acids is 1. The molecule has 0 bridgehead atoms. The molecule has 7 heteroatoms. The molecule has 5 nitrogen and oxygen atoms in total. The minimum absolute atomic E-state index is 0.0421. The van der Waals surface area contributed by atoms with E-state index in [1.165, 1.54) is 12.2 Å². The van der Waals surface area contributed by atoms with Crippen molar-refractivity contribution in [3.05, 3.63) is 51.4 Å². The van der Waals surface area contributed by atoms with Gasteiger partial charge >= 0.3 is 5.97 Å². The third-order valence-electron chi connectivity index (χ3n) is 1.84. The summed E-state index contributed by atoms with van der Waals surface area (Å²) in [7, 11) is 0. The van der Waals surface area contributed by atoms with E-state index in [0.717, 1.165) is 12.1 Å². The molecular formula is C10H7F2N3O2. The van der Waals surface area contributed by atoms with Crippen LogP contribution in [0.1, 0.15) is 15.9 Å². The number of carbonyl (C=O) groups is 1. The fourth-order valence-electron chi connectivity index (χ4n) is 1.17. The van der Waals surface area contributed by atoms with Gasteiger partial charge in [0, 0.05) is 11.5 Å². The van der Waals surface area contributed by atoms with E-state index >= 15 is 0 Å². The Morgan fingerprint density at radius 2 is 2.06 bits per heavy atom. The van der Waals surface area contributed by atoms with Gasteiger partial charge in [0.05, 0.1) is 0 Å². The summed E-state index contributed by atoms with van der Waals surface area (Å²) in [6, 6.07) is 1.78. The molecule has 0 aliphatic carbocycles. The molecule has 0 heterocycles. The standard InChI is InChI=1S/C10H7F2N3O2/c11-7-4-6(2-1-3-14-15-13)5-8(12)9(7)10(16)17/h1-2,4-5H,3H2,(H,16,17). The van der Waals surface area contributed by atoms with E-state index in [1.807, 2.05) is 0 Å². The molecule has 0 amide bonds. The molecule has 1 rings (SSSR count). The van der Waals surface area contributed by atoms with Crippen LogP contribution in [0, 0.1) is 11.6 Å². The summed E-state index contributed by atoms with van der Waals surface area (Å²) >= 11 is 0. The number of azide groups is 1. The number of carboxylic acid groups (broad SMARTS) is 1. The topological polar surface area (TPSA) is 86.1 Å². The van der Waals surface area contributed by atoms with Gasteiger partial charge in [-0.2, -0.15) is 0 Å². The quantitative estimate of drug-likeness (QED) is 0.497. The van der Waals surface area contributed by atoms with Gasteiger partial charge in [-0.1, -0.05) is 17.3 Å². The number of rotatable bonds is 4. The zero-order valence-corrected chi connectivity index (χ0v) is 8.47. The number of benzene rings is 1. The van der Waals surface area contributed by atoms with Crippen molar-refractivity contribution in [2.24, 2.45) is 5.11 Å². The summed E-state index contributed by atoms with van der Waals surface area (Å²) in [6.07, 6.45) is 2.72. The Hall–Kier alpha value is -2.40. The Morgan fingerprint density at radius 3 is 2.53 bits per heavy atom. The molecule has 0 atom stereocenters. The summed E-state index contributed by atoms with van der Waals surface area (Å²) in [5.41, 5.74) is 7.15. The monoisotopic (exact) mass is 239 g/mol. The second kappa shape index (κ2) is 5.62. The number of halogens is 2. The maximum Gasteiger partial charge on any atom is 0.341 e. The van der Waals surface area contributed by atoms with Crippen molar-refractivity contribution in [1.82, 2.24) is 0 Å². The van der Waals surface area contributed by atoms with Gasteiger partial charge in [-0.05, 0) is 23.2 Å². The number of hydrogen-bond acceptors (Lipinski definition) is 2. The van der Waals surface area contributed by atoms with Crippen LogP contribution in [0.25, 0.3) is 16.5 Å². The van der Waals surface area contributed by atoms with Crippen LogP contribution in [-0.2, 0) is 0 Å². The predicted octanol–water partition coefficient (Wildman–Crippen LogP) is 2.99. The molecule has 0 unspecified atom stereocenters. The van der Waals surface area contributed by atoms with Crippen molar-refractivity contribution >= 4 is 12.0 Å². The van der Waals surface area contributed by atoms with Gasteiger partial charge in [-0.3, -0.25) is 0 Å². The normalized spacial score (nSPS) is 10.2. The van der Waals surface area contributed by atoms with E-state index in [-0.39, 0.29) is 12.1 Å². The summed E-state index contributed by atoms with van der Waals surface area (Å²) in [6.45, 7) is 0.0421. The van der Waals surface area contributed by atoms with Crippen LogP contribution in [-0.4, -0.2) is 17.6 Å². The number of nitrogens with zero attached hydrogens (tertiary/aromatic N) is 3. The van der Waals surface area contributed by atoms with E-state index in [0.29, 0.717) is 0 Å². The van der Waals surface area contributed by atoms with Gasteiger partial charge in [0.25, 0.3) is 0 Å². The van der Waals surface area contributed by atoms with Crippen LogP contribution in [0.15, 0.2) is 23.3 Å². The van der Waals surface area contributed by atoms with Crippen LogP contribution in [0.5, 0.6) is 0 Å². The van der Waals surface area contributed by atoms with Crippen LogP contribution in [0.2, 0.25) is 0 Å². The van der Waals surface area contributed by atoms with Gasteiger partial charge in [0.2, 0.25) is 0 Å². The molecule has 0 spiro atoms. The average molecular weight is 239 g/mol. The highest BCUT2D eigenvalue weighted by molar-refractivity contribution is 5.88. The summed E-state index contributed by atoms with van der Waals surface area (Å²) in [4.78, 5) is 13.0. The van der Waals surface area contributed by atoms with Crippen molar-refractivity contribution in [2.45, 2.75) is 0 Å². The lowest BCUT2D eigenvalue weighted by molar-refractivity contribution is 0.0686. The second-order valence-electron chi connectivity index (χ2n) is 2.98. The fourth-order valence-corrected chi connectivity index (χ4v) is 1.17. The Kier molecular flexibility index (Phi) is 4.19. The third kappa shape index (κ3) is 3.29. The van der Waals surface area contributed by atoms with Crippen LogP contribution < -0.4 is 0 Å². The maximum atomic E-state index is 13.2. The van der Waals surface area contributed by atoms with Gasteiger partial charge in [-0.25, -0.2) is 13.6 Å². The molecule has 0 saturated heterocycles. The Labute approximate surface area is 94.6 Å². The molecule has 17 heavy (non-hydrogen) atoms. The fraction of sp³-hybridized carbons (Fsp3) is 0.100. The Bertz CT molecular complexity index is 499. The average Bonchev–Trinajstić information content (AvgIpc) is 2.23. The minimum atomic E-state index is -1.66. The first-order valence-electron chi connectivity index (χ1n) is 4.46. The van der Waals surface area contributed by atoms with E-state index in [9.17, 15) is 13.6 Å². The highest BCUT2D eigenvalue weighted by Crippen LogP contribution is 2.16. The smallest absolute Gasteiger partial charge is 0.341 e. The predicted molar refractivity (Wildman–Crippen MR) is 56.4 cm³/mol. The van der Waals surface area contributed by atoms with E-state index < -0.39 is 23.2 Å². The van der Waals surface area contributed by atoms with Crippen molar-refractivity contribution < 1.29 is 18.7 Å². The van der Waals surface area contributed by atoms with Crippen LogP contribution in [0.3, 0.4) is 0 Å². The van der Waals surface area contributed by atoms with Crippen molar-refractivity contribution in [3.8, 4) is 0 Å². The highest BCUT2D eigenvalue weighted by atomic mass is 19.1. The largest absolute Gasteiger partial charge is 0.477 e. The van der Waals surface area contributed by atoms with E-state index in [1.54, 1.807) is 0 Å². The second-order valence-corrected chi connectivity index (χ2v) is 2.98. The lowest BCUT2D eigenvalue weighted by Gasteiger charge is -2.01. The molecule has 1 aromatic rings. The lowest BCUT2D eigenvalue weighted by atomic mass is 10.1. The molecule has 1 aromatic carbocycles. The molecule has 88 valence electrons. The Morgan fingerprint density at radius 1 is 1.47 bits per heavy atom. The summed E-state index contributed by atoms with van der Waals surface area (Å²) in [5, 5.41) is 11.7.